The van der Waals surface area contributed by atoms with Gasteiger partial charge >= 0.3 is 6.09 Å². The van der Waals surface area contributed by atoms with E-state index in [0.717, 1.165) is 11.3 Å². The zero-order valence-electron chi connectivity index (χ0n) is 14.2. The molecule has 0 fully saturated rings. The molecule has 0 saturated heterocycles. The smallest absolute Gasteiger partial charge is 0.407 e. The molecule has 2 aromatic rings. The van der Waals surface area contributed by atoms with Crippen molar-refractivity contribution in [1.82, 2.24) is 5.32 Å². The van der Waals surface area contributed by atoms with Crippen molar-refractivity contribution >= 4 is 17.5 Å². The van der Waals surface area contributed by atoms with Gasteiger partial charge in [0.15, 0.2) is 0 Å². The number of hydrogen-bond acceptors (Lipinski definition) is 6. The summed E-state index contributed by atoms with van der Waals surface area (Å²) in [4.78, 5) is 11.4. The number of aromatic hydroxyl groups is 1. The molecule has 0 bridgehead atoms. The van der Waals surface area contributed by atoms with Crippen molar-refractivity contribution in [3.8, 4) is 11.5 Å². The Kier molecular flexibility index (Phi) is 6.33. The number of alkyl carbamates (subject to hydrolysis) is 1. The zero-order chi connectivity index (χ0) is 18.2. The number of aryl methyl sites for hydroxylation is 1. The summed E-state index contributed by atoms with van der Waals surface area (Å²) in [6.45, 7) is 5.49. The highest BCUT2D eigenvalue weighted by atomic mass is 16.5. The zero-order valence-corrected chi connectivity index (χ0v) is 14.2. The molecule has 2 rings (SSSR count). The molecule has 0 aliphatic carbocycles. The van der Waals surface area contributed by atoms with Crippen LogP contribution in [0.25, 0.3) is 0 Å². The van der Waals surface area contributed by atoms with Gasteiger partial charge in [-0.25, -0.2) is 4.79 Å². The number of carbonyl (C=O) groups excluding carboxylic acids is 1. The SMILES string of the molecule is [CH2]CNC(=O)OCc1cc(C)cc(/N=N/c2ccc(OC)cc2)c1O. The molecular weight excluding hydrogens is 322 g/mol. The number of amides is 1. The predicted octanol–water partition coefficient (Wildman–Crippen LogP) is 4.18. The summed E-state index contributed by atoms with van der Waals surface area (Å²) in [5.41, 5.74) is 2.22. The van der Waals surface area contributed by atoms with E-state index in [-0.39, 0.29) is 18.9 Å². The normalized spacial score (nSPS) is 10.7. The summed E-state index contributed by atoms with van der Waals surface area (Å²) >= 11 is 0. The molecule has 7 heteroatoms. The number of phenolic OH excluding ortho intramolecular Hbond substituents is 1. The van der Waals surface area contributed by atoms with E-state index >= 15 is 0 Å². The molecule has 0 atom stereocenters. The largest absolute Gasteiger partial charge is 0.505 e. The molecule has 7 nitrogen and oxygen atoms in total. The number of hydrogen-bond donors (Lipinski definition) is 2. The van der Waals surface area contributed by atoms with Crippen LogP contribution in [0.1, 0.15) is 11.1 Å². The molecule has 0 aliphatic rings. The van der Waals surface area contributed by atoms with E-state index in [1.54, 1.807) is 43.5 Å². The molecule has 2 aromatic carbocycles. The van der Waals surface area contributed by atoms with E-state index in [9.17, 15) is 9.90 Å². The van der Waals surface area contributed by atoms with Gasteiger partial charge in [-0.1, -0.05) is 0 Å². The third kappa shape index (κ3) is 5.20. The van der Waals surface area contributed by atoms with E-state index < -0.39 is 6.09 Å². The quantitative estimate of drug-likeness (QED) is 0.770. The highest BCUT2D eigenvalue weighted by molar-refractivity contribution is 5.67. The average molecular weight is 342 g/mol. The van der Waals surface area contributed by atoms with Crippen LogP contribution in [0.2, 0.25) is 0 Å². The highest BCUT2D eigenvalue weighted by Crippen LogP contribution is 2.33. The van der Waals surface area contributed by atoms with Crippen molar-refractivity contribution in [3.05, 3.63) is 54.4 Å². The van der Waals surface area contributed by atoms with Gasteiger partial charge in [-0.15, -0.1) is 5.11 Å². The summed E-state index contributed by atoms with van der Waals surface area (Å²) in [5, 5.41) is 20.9. The third-order valence-electron chi connectivity index (χ3n) is 3.29. The monoisotopic (exact) mass is 342 g/mol. The molecule has 1 amide bonds. The average Bonchev–Trinajstić information content (AvgIpc) is 2.61. The van der Waals surface area contributed by atoms with E-state index in [0.29, 0.717) is 16.9 Å². The first-order valence-corrected chi connectivity index (χ1v) is 7.61. The van der Waals surface area contributed by atoms with Gasteiger partial charge in [0.25, 0.3) is 0 Å². The first kappa shape index (κ1) is 18.3. The molecular formula is C18H20N3O4. The van der Waals surface area contributed by atoms with Crippen molar-refractivity contribution in [3.63, 3.8) is 0 Å². The fourth-order valence-electron chi connectivity index (χ4n) is 2.08. The molecule has 0 heterocycles. The van der Waals surface area contributed by atoms with Crippen molar-refractivity contribution in [2.45, 2.75) is 13.5 Å². The molecule has 0 aromatic heterocycles. The second kappa shape index (κ2) is 8.68. The Morgan fingerprint density at radius 2 is 1.96 bits per heavy atom. The highest BCUT2D eigenvalue weighted by Gasteiger charge is 2.11. The summed E-state index contributed by atoms with van der Waals surface area (Å²) in [6, 6.07) is 10.5. The van der Waals surface area contributed by atoms with Crippen LogP contribution in [0.3, 0.4) is 0 Å². The molecule has 0 aliphatic heterocycles. The van der Waals surface area contributed by atoms with Crippen LogP contribution in [-0.2, 0) is 11.3 Å². The lowest BCUT2D eigenvalue weighted by molar-refractivity contribution is 0.140. The second-order valence-electron chi connectivity index (χ2n) is 5.19. The Bertz CT molecular complexity index is 758. The van der Waals surface area contributed by atoms with Gasteiger partial charge in [0.05, 0.1) is 12.8 Å². The molecule has 0 spiro atoms. The van der Waals surface area contributed by atoms with Gasteiger partial charge in [0.2, 0.25) is 0 Å². The van der Waals surface area contributed by atoms with E-state index in [2.05, 4.69) is 22.5 Å². The maximum atomic E-state index is 11.4. The molecule has 2 N–H and O–H groups in total. The van der Waals surface area contributed by atoms with Crippen LogP contribution >= 0.6 is 0 Å². The number of rotatable bonds is 6. The van der Waals surface area contributed by atoms with Crippen LogP contribution in [0.4, 0.5) is 16.2 Å². The third-order valence-corrected chi connectivity index (χ3v) is 3.29. The summed E-state index contributed by atoms with van der Waals surface area (Å²) in [5.74, 6) is 0.641. The van der Waals surface area contributed by atoms with E-state index in [1.165, 1.54) is 0 Å². The van der Waals surface area contributed by atoms with Crippen molar-refractivity contribution in [2.75, 3.05) is 13.7 Å². The Morgan fingerprint density at radius 3 is 2.60 bits per heavy atom. The van der Waals surface area contributed by atoms with Gasteiger partial charge in [-0.3, -0.25) is 0 Å². The molecule has 25 heavy (non-hydrogen) atoms. The number of benzene rings is 2. The minimum absolute atomic E-state index is 0.0784. The number of azo groups is 1. The van der Waals surface area contributed by atoms with Gasteiger partial charge in [-0.2, -0.15) is 5.11 Å². The van der Waals surface area contributed by atoms with Gasteiger partial charge in [-0.05, 0) is 55.8 Å². The first-order chi connectivity index (χ1) is 12.0. The molecule has 131 valence electrons. The second-order valence-corrected chi connectivity index (χ2v) is 5.19. The number of phenols is 1. The summed E-state index contributed by atoms with van der Waals surface area (Å²) in [7, 11) is 1.59. The van der Waals surface area contributed by atoms with Crippen LogP contribution in [0.5, 0.6) is 11.5 Å². The number of nitrogens with zero attached hydrogens (tertiary/aromatic N) is 2. The molecule has 1 radical (unpaired) electrons. The van der Waals surface area contributed by atoms with Crippen LogP contribution in [-0.4, -0.2) is 24.9 Å². The fraction of sp³-hybridized carbons (Fsp3) is 0.222. The lowest BCUT2D eigenvalue weighted by Crippen LogP contribution is -2.23. The summed E-state index contributed by atoms with van der Waals surface area (Å²) in [6.07, 6.45) is -0.600. The van der Waals surface area contributed by atoms with Crippen molar-refractivity contribution < 1.29 is 19.4 Å². The topological polar surface area (TPSA) is 92.5 Å². The molecule has 0 saturated carbocycles. The van der Waals surface area contributed by atoms with Crippen LogP contribution < -0.4 is 10.1 Å². The minimum atomic E-state index is -0.600. The van der Waals surface area contributed by atoms with E-state index in [4.69, 9.17) is 9.47 Å². The van der Waals surface area contributed by atoms with Gasteiger partial charge in [0, 0.05) is 12.1 Å². The Hall–Kier alpha value is -3.09. The van der Waals surface area contributed by atoms with E-state index in [1.807, 2.05) is 6.92 Å². The lowest BCUT2D eigenvalue weighted by Gasteiger charge is -2.09. The van der Waals surface area contributed by atoms with Crippen molar-refractivity contribution in [2.24, 2.45) is 10.2 Å². The maximum absolute atomic E-state index is 11.4. The van der Waals surface area contributed by atoms with Crippen LogP contribution in [0.15, 0.2) is 46.6 Å². The number of ether oxygens (including phenoxy) is 2. The summed E-state index contributed by atoms with van der Waals surface area (Å²) < 4.78 is 10.1. The predicted molar refractivity (Wildman–Crippen MR) is 93.6 cm³/mol. The maximum Gasteiger partial charge on any atom is 0.407 e. The minimum Gasteiger partial charge on any atom is -0.505 e. The Morgan fingerprint density at radius 1 is 1.24 bits per heavy atom. The number of carbonyl (C=O) groups is 1. The number of methoxy groups -OCH3 is 1. The Balaban J connectivity index is 2.16. The number of nitrogens with one attached hydrogen (secondary N) is 1. The fourth-order valence-corrected chi connectivity index (χ4v) is 2.08. The van der Waals surface area contributed by atoms with Crippen molar-refractivity contribution in [1.29, 1.82) is 0 Å². The van der Waals surface area contributed by atoms with Gasteiger partial charge < -0.3 is 19.9 Å². The van der Waals surface area contributed by atoms with Gasteiger partial charge in [0.1, 0.15) is 23.8 Å². The van der Waals surface area contributed by atoms with Crippen LogP contribution in [0, 0.1) is 13.8 Å². The Labute approximate surface area is 146 Å². The molecule has 0 unspecified atom stereocenters. The standard InChI is InChI=1S/C18H20N3O4/c1-4-19-18(23)25-11-13-9-12(2)10-16(17(13)22)21-20-14-5-7-15(24-3)8-6-14/h5-10,22H,1,4,11H2,2-3H3,(H,19,23)/b21-20+. The lowest BCUT2D eigenvalue weighted by atomic mass is 10.1. The first-order valence-electron chi connectivity index (χ1n) is 7.61.